The predicted octanol–water partition coefficient (Wildman–Crippen LogP) is 10.1. The highest BCUT2D eigenvalue weighted by Crippen LogP contribution is 2.60. The van der Waals surface area contributed by atoms with Gasteiger partial charge in [-0.05, 0) is 98.4 Å². The number of fused-ring (bicyclic) bond motifs is 10. The van der Waals surface area contributed by atoms with Crippen molar-refractivity contribution in [2.45, 2.75) is 89.7 Å². The number of alkyl halides is 7. The Labute approximate surface area is 339 Å². The summed E-state index contributed by atoms with van der Waals surface area (Å²) in [6.45, 7) is 8.16. The number of halogens is 7. The van der Waals surface area contributed by atoms with E-state index in [4.69, 9.17) is 19.6 Å². The first-order valence-electron chi connectivity index (χ1n) is 18.8. The van der Waals surface area contributed by atoms with Gasteiger partial charge in [-0.3, -0.25) is 19.3 Å². The zero-order valence-electron chi connectivity index (χ0n) is 32.7. The van der Waals surface area contributed by atoms with Gasteiger partial charge in [0.2, 0.25) is 0 Å². The lowest BCUT2D eigenvalue weighted by Crippen LogP contribution is -2.42. The molecule has 3 aromatic carbocycles. The van der Waals surface area contributed by atoms with Crippen molar-refractivity contribution in [3.8, 4) is 11.4 Å². The van der Waals surface area contributed by atoms with Crippen molar-refractivity contribution in [2.75, 3.05) is 0 Å². The third kappa shape index (κ3) is 6.66. The number of para-hydroxylation sites is 1. The summed E-state index contributed by atoms with van der Waals surface area (Å²) in [5.41, 5.74) is -2.06. The summed E-state index contributed by atoms with van der Waals surface area (Å²) in [6.07, 6.45) is -7.50. The van der Waals surface area contributed by atoms with Crippen LogP contribution in [0.25, 0.3) is 11.3 Å². The first-order chi connectivity index (χ1) is 27.9. The molecule has 0 spiro atoms. The number of nitrogens with zero attached hydrogens (tertiary/aromatic N) is 4. The van der Waals surface area contributed by atoms with E-state index in [0.29, 0.717) is 57.4 Å². The average Bonchev–Trinajstić information content (AvgIpc) is 3.84. The largest absolute Gasteiger partial charge is 0.524 e. The minimum absolute atomic E-state index is 0.0191. The molecule has 2 N–H and O–H groups in total. The third-order valence-electron chi connectivity index (χ3n) is 11.8. The van der Waals surface area contributed by atoms with Crippen LogP contribution in [0.1, 0.15) is 96.2 Å². The van der Waals surface area contributed by atoms with Gasteiger partial charge in [0.25, 0.3) is 0 Å². The molecule has 4 heterocycles. The van der Waals surface area contributed by atoms with E-state index in [1.54, 1.807) is 24.8 Å². The van der Waals surface area contributed by atoms with Crippen molar-refractivity contribution in [2.24, 2.45) is 0 Å². The summed E-state index contributed by atoms with van der Waals surface area (Å²) >= 11 is 0. The Morgan fingerprint density at radius 1 is 0.917 bits per heavy atom. The van der Waals surface area contributed by atoms with Gasteiger partial charge in [-0.2, -0.15) is 31.4 Å². The van der Waals surface area contributed by atoms with Crippen molar-refractivity contribution in [3.63, 3.8) is 0 Å². The number of phosphoric ester groups is 1. The Hall–Kier alpha value is -5.22. The van der Waals surface area contributed by atoms with Gasteiger partial charge in [0, 0.05) is 30.4 Å². The molecule has 0 fully saturated rings. The number of allylic oxidation sites excluding steroid dienone is 2. The van der Waals surface area contributed by atoms with E-state index < -0.39 is 54.0 Å². The van der Waals surface area contributed by atoms with Crippen molar-refractivity contribution < 1.29 is 59.1 Å². The van der Waals surface area contributed by atoms with Crippen LogP contribution in [0.2, 0.25) is 0 Å². The number of carbonyl (C=O) groups is 1. The molecule has 60 heavy (non-hydrogen) atoms. The molecular weight excluding hydrogens is 820 g/mol. The first kappa shape index (κ1) is 41.5. The minimum atomic E-state index is -5.07. The number of ether oxygens (including phenoxy) is 1. The molecule has 316 valence electrons. The van der Waals surface area contributed by atoms with E-state index in [9.17, 15) is 35.7 Å². The normalized spacial score (nSPS) is 20.7. The van der Waals surface area contributed by atoms with Crippen molar-refractivity contribution in [3.05, 3.63) is 141 Å². The Kier molecular flexibility index (Phi) is 9.44. The maximum Gasteiger partial charge on any atom is 0.524 e. The fraction of sp³-hybridized carbons (Fsp3) is 0.333. The smallest absolute Gasteiger partial charge is 0.444 e. The molecule has 10 nitrogen and oxygen atoms in total. The minimum Gasteiger partial charge on any atom is -0.444 e. The fourth-order valence-electron chi connectivity index (χ4n) is 8.98. The number of carbonyl (C=O) groups excluding carboxylic acids is 1. The van der Waals surface area contributed by atoms with Crippen molar-refractivity contribution in [1.82, 2.24) is 19.2 Å². The number of aryl methyl sites for hydroxylation is 1. The van der Waals surface area contributed by atoms with Gasteiger partial charge in [-0.25, -0.2) is 18.4 Å². The molecule has 2 aliphatic heterocycles. The first-order valence-corrected chi connectivity index (χ1v) is 20.3. The molecule has 3 aliphatic rings. The molecule has 1 aliphatic carbocycles. The monoisotopic (exact) mass is 858 g/mol. The lowest BCUT2D eigenvalue weighted by atomic mass is 9.62. The lowest BCUT2D eigenvalue weighted by molar-refractivity contribution is -0.143. The summed E-state index contributed by atoms with van der Waals surface area (Å²) in [5, 5.41) is 5.15. The molecule has 8 rings (SSSR count). The maximum atomic E-state index is 17.3. The molecule has 5 aromatic rings. The summed E-state index contributed by atoms with van der Waals surface area (Å²) in [6, 6.07) is 14.4. The number of rotatable bonds is 7. The van der Waals surface area contributed by atoms with Crippen LogP contribution in [0.4, 0.5) is 35.5 Å². The standard InChI is InChI=1S/C42H38F7N4O6P/c1-6-24-8-7-9-28-32-19-39(4,43)36-30(16-17-52(36)37(54)58-22-23-10-14-27(15-11-23)59-60(55,56)57)40(32,5)35-29-21-51(38(2,3)34(29)50-53(35)33(24)28)20-25-12-13-26(41(44,45)46)18-31(25)42(47,48)49/h7-19H,6,20-22H2,1-5H3,(H2,55,56,57). The Morgan fingerprint density at radius 2 is 1.62 bits per heavy atom. The van der Waals surface area contributed by atoms with Crippen LogP contribution in [0.5, 0.6) is 5.75 Å². The van der Waals surface area contributed by atoms with Gasteiger partial charge < -0.3 is 9.26 Å². The van der Waals surface area contributed by atoms with Gasteiger partial charge in [-0.15, -0.1) is 0 Å². The van der Waals surface area contributed by atoms with E-state index in [2.05, 4.69) is 4.52 Å². The van der Waals surface area contributed by atoms with Crippen molar-refractivity contribution in [1.29, 1.82) is 0 Å². The van der Waals surface area contributed by atoms with Gasteiger partial charge >= 0.3 is 26.3 Å². The molecule has 18 heteroatoms. The van der Waals surface area contributed by atoms with E-state index in [1.807, 2.05) is 36.7 Å². The molecule has 2 aromatic heterocycles. The van der Waals surface area contributed by atoms with Crippen LogP contribution in [-0.2, 0) is 64.4 Å². The van der Waals surface area contributed by atoms with E-state index in [1.165, 1.54) is 43.5 Å². The molecular formula is C42H38F7N4O6P. The van der Waals surface area contributed by atoms with E-state index in [0.717, 1.165) is 16.2 Å². The average molecular weight is 859 g/mol. The summed E-state index contributed by atoms with van der Waals surface area (Å²) in [7, 11) is -4.79. The van der Waals surface area contributed by atoms with E-state index >= 15 is 4.39 Å². The maximum absolute atomic E-state index is 17.3. The SMILES string of the molecule is CCc1cccc2c1-n1nc3c(c1C1(C)C2=CC(C)(F)c2c1ccn2C(=O)OCc1ccc(OP(=O)(O)O)cc1)CN(Cc1ccc(C(F)(F)F)cc1C(F)(F)F)C3(C)C. The second-order valence-corrected chi connectivity index (χ2v) is 17.2. The second-order valence-electron chi connectivity index (χ2n) is 16.0. The zero-order valence-corrected chi connectivity index (χ0v) is 33.6. The molecule has 2 atom stereocenters. The number of hydrogen-bond acceptors (Lipinski definition) is 6. The van der Waals surface area contributed by atoms with Crippen LogP contribution in [0, 0.1) is 0 Å². The van der Waals surface area contributed by atoms with Gasteiger partial charge in [-0.1, -0.05) is 43.3 Å². The fourth-order valence-corrected chi connectivity index (χ4v) is 9.38. The van der Waals surface area contributed by atoms with Crippen LogP contribution in [0.15, 0.2) is 79.0 Å². The highest BCUT2D eigenvalue weighted by atomic mass is 31.2. The number of phosphoric acid groups is 1. The van der Waals surface area contributed by atoms with Crippen LogP contribution in [0.3, 0.4) is 0 Å². The lowest BCUT2D eigenvalue weighted by Gasteiger charge is -2.45. The van der Waals surface area contributed by atoms with Crippen LogP contribution >= 0.6 is 7.82 Å². The summed E-state index contributed by atoms with van der Waals surface area (Å²) in [4.78, 5) is 33.6. The topological polar surface area (TPSA) is 119 Å². The van der Waals surface area contributed by atoms with E-state index in [-0.39, 0.29) is 42.8 Å². The third-order valence-corrected chi connectivity index (χ3v) is 12.3. The molecule has 0 saturated heterocycles. The Bertz CT molecular complexity index is 2660. The van der Waals surface area contributed by atoms with Crippen LogP contribution < -0.4 is 4.52 Å². The quantitative estimate of drug-likeness (QED) is 0.123. The molecule has 0 amide bonds. The van der Waals surface area contributed by atoms with Gasteiger partial charge in [0.15, 0.2) is 5.67 Å². The second kappa shape index (κ2) is 13.6. The zero-order chi connectivity index (χ0) is 43.5. The number of aromatic nitrogens is 3. The summed E-state index contributed by atoms with van der Waals surface area (Å²) in [5.74, 6) is -0.107. The van der Waals surface area contributed by atoms with Crippen molar-refractivity contribution >= 4 is 19.5 Å². The summed E-state index contributed by atoms with van der Waals surface area (Å²) < 4.78 is 125. The molecule has 0 radical (unpaired) electrons. The van der Waals surface area contributed by atoms with Gasteiger partial charge in [0.05, 0.1) is 44.8 Å². The molecule has 0 saturated carbocycles. The highest BCUT2D eigenvalue weighted by molar-refractivity contribution is 7.46. The Balaban J connectivity index is 1.22. The molecule has 2 unspecified atom stereocenters. The molecule has 0 bridgehead atoms. The highest BCUT2D eigenvalue weighted by Gasteiger charge is 2.56. The van der Waals surface area contributed by atoms with Crippen LogP contribution in [-0.4, -0.2) is 35.1 Å². The predicted molar refractivity (Wildman–Crippen MR) is 204 cm³/mol. The van der Waals surface area contributed by atoms with Gasteiger partial charge in [0.1, 0.15) is 12.4 Å². The number of benzene rings is 3. The Morgan fingerprint density at radius 3 is 2.25 bits per heavy atom. The number of hydrogen-bond donors (Lipinski definition) is 2.